The Morgan fingerprint density at radius 1 is 1.06 bits per heavy atom. The van der Waals surface area contributed by atoms with Crippen LogP contribution in [0.15, 0.2) is 36.4 Å². The van der Waals surface area contributed by atoms with Crippen molar-refractivity contribution in [3.8, 4) is 11.1 Å². The van der Waals surface area contributed by atoms with Gasteiger partial charge in [-0.1, -0.05) is 24.3 Å². The Morgan fingerprint density at radius 3 is 2.67 bits per heavy atom. The number of rotatable bonds is 2. The minimum absolute atomic E-state index is 0.703. The van der Waals surface area contributed by atoms with Crippen LogP contribution in [0.4, 0.5) is 0 Å². The van der Waals surface area contributed by atoms with Crippen LogP contribution in [0.2, 0.25) is 0 Å². The molecule has 0 aliphatic carbocycles. The first-order valence-corrected chi connectivity index (χ1v) is 6.03. The molecule has 1 aliphatic rings. The molecule has 2 heteroatoms. The minimum atomic E-state index is 0.703. The second kappa shape index (κ2) is 4.39. The molecule has 0 saturated carbocycles. The molecule has 0 radical (unpaired) electrons. The van der Waals surface area contributed by atoms with Crippen molar-refractivity contribution in [2.75, 3.05) is 0 Å². The number of benzene rings is 2. The van der Waals surface area contributed by atoms with E-state index < -0.39 is 0 Å². The van der Waals surface area contributed by atoms with Crippen molar-refractivity contribution in [2.24, 2.45) is 0 Å². The van der Waals surface area contributed by atoms with Crippen LogP contribution in [0.3, 0.4) is 0 Å². The van der Waals surface area contributed by atoms with Gasteiger partial charge in [-0.05, 0) is 46.9 Å². The third kappa shape index (κ3) is 1.85. The number of fused-ring (bicyclic) bond motifs is 1. The van der Waals surface area contributed by atoms with Crippen molar-refractivity contribution in [2.45, 2.75) is 20.1 Å². The molecule has 0 unspecified atom stereocenters. The second-order valence-corrected chi connectivity index (χ2v) is 4.67. The predicted octanol–water partition coefficient (Wildman–Crippen LogP) is 3.50. The Bertz CT molecular complexity index is 614. The number of ether oxygens (including phenoxy) is 1. The molecule has 0 fully saturated rings. The fourth-order valence-corrected chi connectivity index (χ4v) is 2.42. The van der Waals surface area contributed by atoms with Gasteiger partial charge in [-0.25, -0.2) is 0 Å². The molecule has 1 aliphatic heterocycles. The summed E-state index contributed by atoms with van der Waals surface area (Å²) in [5.41, 5.74) is 6.76. The maximum Gasteiger partial charge on any atom is 0.150 e. The molecular formula is C16H14O2. The van der Waals surface area contributed by atoms with Gasteiger partial charge in [0, 0.05) is 5.56 Å². The molecule has 0 bridgehead atoms. The maximum absolute atomic E-state index is 10.7. The molecule has 18 heavy (non-hydrogen) atoms. The van der Waals surface area contributed by atoms with Crippen molar-refractivity contribution in [3.63, 3.8) is 0 Å². The lowest BCUT2D eigenvalue weighted by molar-refractivity contribution is 0.112. The van der Waals surface area contributed by atoms with E-state index in [0.29, 0.717) is 6.61 Å². The number of carbonyl (C=O) groups is 1. The van der Waals surface area contributed by atoms with Gasteiger partial charge in [-0.15, -0.1) is 0 Å². The number of carbonyl (C=O) groups excluding carboxylic acids is 1. The summed E-state index contributed by atoms with van der Waals surface area (Å²) in [6, 6.07) is 12.2. The van der Waals surface area contributed by atoms with E-state index in [0.717, 1.165) is 24.0 Å². The van der Waals surface area contributed by atoms with Gasteiger partial charge >= 0.3 is 0 Å². The average molecular weight is 238 g/mol. The van der Waals surface area contributed by atoms with Gasteiger partial charge in [0.15, 0.2) is 0 Å². The van der Waals surface area contributed by atoms with Gasteiger partial charge in [0.25, 0.3) is 0 Å². The summed E-state index contributed by atoms with van der Waals surface area (Å²) in [5, 5.41) is 0. The molecule has 2 nitrogen and oxygen atoms in total. The van der Waals surface area contributed by atoms with Crippen LogP contribution in [0.1, 0.15) is 27.0 Å². The van der Waals surface area contributed by atoms with Crippen molar-refractivity contribution >= 4 is 6.29 Å². The molecule has 0 N–H and O–H groups in total. The predicted molar refractivity (Wildman–Crippen MR) is 70.5 cm³/mol. The highest BCUT2D eigenvalue weighted by Crippen LogP contribution is 2.29. The first-order chi connectivity index (χ1) is 8.78. The fourth-order valence-electron chi connectivity index (χ4n) is 2.42. The van der Waals surface area contributed by atoms with E-state index in [9.17, 15) is 4.79 Å². The summed E-state index contributed by atoms with van der Waals surface area (Å²) in [5.74, 6) is 0. The van der Waals surface area contributed by atoms with E-state index >= 15 is 0 Å². The highest BCUT2D eigenvalue weighted by Gasteiger charge is 2.12. The van der Waals surface area contributed by atoms with Crippen molar-refractivity contribution < 1.29 is 9.53 Å². The lowest BCUT2D eigenvalue weighted by Gasteiger charge is -2.08. The quantitative estimate of drug-likeness (QED) is 0.748. The van der Waals surface area contributed by atoms with Crippen molar-refractivity contribution in [1.29, 1.82) is 0 Å². The SMILES string of the molecule is Cc1cc(C=O)ccc1-c1ccc2c(c1)COC2. The van der Waals surface area contributed by atoms with Crippen LogP contribution in [-0.4, -0.2) is 6.29 Å². The molecule has 0 spiro atoms. The highest BCUT2D eigenvalue weighted by molar-refractivity contribution is 5.78. The Hall–Kier alpha value is -1.93. The summed E-state index contributed by atoms with van der Waals surface area (Å²) in [6.45, 7) is 3.46. The van der Waals surface area contributed by atoms with Crippen molar-refractivity contribution in [1.82, 2.24) is 0 Å². The maximum atomic E-state index is 10.7. The Balaban J connectivity index is 2.07. The lowest BCUT2D eigenvalue weighted by atomic mass is 9.96. The number of aryl methyl sites for hydroxylation is 1. The summed E-state index contributed by atoms with van der Waals surface area (Å²) < 4.78 is 5.43. The zero-order chi connectivity index (χ0) is 12.5. The summed E-state index contributed by atoms with van der Waals surface area (Å²) in [7, 11) is 0. The van der Waals surface area contributed by atoms with E-state index in [4.69, 9.17) is 4.74 Å². The molecule has 0 saturated heterocycles. The van der Waals surface area contributed by atoms with E-state index in [1.165, 1.54) is 22.3 Å². The first kappa shape index (κ1) is 11.2. The highest BCUT2D eigenvalue weighted by atomic mass is 16.5. The van der Waals surface area contributed by atoms with E-state index in [-0.39, 0.29) is 0 Å². The smallest absolute Gasteiger partial charge is 0.150 e. The zero-order valence-electron chi connectivity index (χ0n) is 10.3. The Kier molecular flexibility index (Phi) is 2.73. The lowest BCUT2D eigenvalue weighted by Crippen LogP contribution is -1.89. The standard InChI is InChI=1S/C16H14O2/c1-11-6-12(8-17)2-5-16(11)13-3-4-14-9-18-10-15(14)7-13/h2-8H,9-10H2,1H3. The van der Waals surface area contributed by atoms with E-state index in [2.05, 4.69) is 18.2 Å². The first-order valence-electron chi connectivity index (χ1n) is 6.03. The Labute approximate surface area is 106 Å². The Morgan fingerprint density at radius 2 is 1.89 bits per heavy atom. The molecule has 1 heterocycles. The number of hydrogen-bond donors (Lipinski definition) is 0. The molecule has 0 amide bonds. The second-order valence-electron chi connectivity index (χ2n) is 4.67. The normalized spacial score (nSPS) is 13.4. The fraction of sp³-hybridized carbons (Fsp3) is 0.188. The monoisotopic (exact) mass is 238 g/mol. The topological polar surface area (TPSA) is 26.3 Å². The third-order valence-corrected chi connectivity index (χ3v) is 3.42. The van der Waals surface area contributed by atoms with Gasteiger partial charge in [0.05, 0.1) is 13.2 Å². The third-order valence-electron chi connectivity index (χ3n) is 3.42. The molecule has 2 aromatic rings. The zero-order valence-corrected chi connectivity index (χ0v) is 10.3. The number of hydrogen-bond acceptors (Lipinski definition) is 2. The van der Waals surface area contributed by atoms with Crippen LogP contribution in [0.5, 0.6) is 0 Å². The summed E-state index contributed by atoms with van der Waals surface area (Å²) >= 11 is 0. The van der Waals surface area contributed by atoms with Gasteiger partial charge < -0.3 is 4.74 Å². The van der Waals surface area contributed by atoms with Gasteiger partial charge in [-0.3, -0.25) is 4.79 Å². The van der Waals surface area contributed by atoms with Crippen LogP contribution in [0, 0.1) is 6.92 Å². The molecular weight excluding hydrogens is 224 g/mol. The molecule has 3 rings (SSSR count). The van der Waals surface area contributed by atoms with Crippen molar-refractivity contribution in [3.05, 3.63) is 58.7 Å². The molecule has 2 aromatic carbocycles. The average Bonchev–Trinajstić information content (AvgIpc) is 2.85. The molecule has 0 aromatic heterocycles. The summed E-state index contributed by atoms with van der Waals surface area (Å²) in [4.78, 5) is 10.7. The van der Waals surface area contributed by atoms with Gasteiger partial charge in [0.1, 0.15) is 6.29 Å². The van der Waals surface area contributed by atoms with Crippen LogP contribution >= 0.6 is 0 Å². The van der Waals surface area contributed by atoms with Crippen LogP contribution in [0.25, 0.3) is 11.1 Å². The van der Waals surface area contributed by atoms with Crippen LogP contribution in [-0.2, 0) is 18.0 Å². The van der Waals surface area contributed by atoms with E-state index in [1.54, 1.807) is 0 Å². The minimum Gasteiger partial charge on any atom is -0.372 e. The van der Waals surface area contributed by atoms with Gasteiger partial charge in [0.2, 0.25) is 0 Å². The summed E-state index contributed by atoms with van der Waals surface area (Å²) in [6.07, 6.45) is 0.882. The number of aldehydes is 1. The van der Waals surface area contributed by atoms with E-state index in [1.807, 2.05) is 25.1 Å². The molecule has 0 atom stereocenters. The van der Waals surface area contributed by atoms with Crippen LogP contribution < -0.4 is 0 Å². The largest absolute Gasteiger partial charge is 0.372 e. The van der Waals surface area contributed by atoms with Gasteiger partial charge in [-0.2, -0.15) is 0 Å². The molecule has 90 valence electrons.